The number of carbonyl (C=O) groups excluding carboxylic acids is 1. The number of carboxylic acid groups (broad SMARTS) is 2. The largest absolute Gasteiger partial charge is 0.480 e. The van der Waals surface area contributed by atoms with Crippen LogP contribution in [0.5, 0.6) is 0 Å². The number of hydrogen-bond acceptors (Lipinski definition) is 3. The Bertz CT molecular complexity index is 768. The van der Waals surface area contributed by atoms with E-state index in [1.807, 2.05) is 0 Å². The molecule has 0 aliphatic rings. The normalized spacial score (nSPS) is 12.1. The van der Waals surface area contributed by atoms with Crippen LogP contribution < -0.4 is 5.32 Å². The van der Waals surface area contributed by atoms with Crippen LogP contribution in [-0.2, 0) is 16.0 Å². The van der Waals surface area contributed by atoms with Crippen LogP contribution in [0.3, 0.4) is 0 Å². The third-order valence-electron chi connectivity index (χ3n) is 3.15. The van der Waals surface area contributed by atoms with Gasteiger partial charge < -0.3 is 15.5 Å². The van der Waals surface area contributed by atoms with Crippen molar-refractivity contribution in [2.24, 2.45) is 0 Å². The SMILES string of the molecule is CC(=O)NC(Cc1cn(C(=O)O)c2ccc(Br)cc12)C(=O)O. The number of nitrogens with zero attached hydrogens (tertiary/aromatic N) is 1. The molecular formula is C14H13BrN2O5. The third-order valence-corrected chi connectivity index (χ3v) is 3.65. The molecule has 7 nitrogen and oxygen atoms in total. The van der Waals surface area contributed by atoms with Gasteiger partial charge in [0.1, 0.15) is 6.04 Å². The molecule has 22 heavy (non-hydrogen) atoms. The second kappa shape index (κ2) is 6.18. The highest BCUT2D eigenvalue weighted by Gasteiger charge is 2.22. The Morgan fingerprint density at radius 2 is 2.00 bits per heavy atom. The van der Waals surface area contributed by atoms with E-state index in [4.69, 9.17) is 0 Å². The molecule has 1 amide bonds. The highest BCUT2D eigenvalue weighted by atomic mass is 79.9. The number of aliphatic carboxylic acids is 1. The molecule has 1 heterocycles. The zero-order valence-electron chi connectivity index (χ0n) is 11.5. The lowest BCUT2D eigenvalue weighted by Crippen LogP contribution is -2.41. The van der Waals surface area contributed by atoms with E-state index in [2.05, 4.69) is 21.2 Å². The molecule has 2 aromatic rings. The minimum absolute atomic E-state index is 0.0118. The van der Waals surface area contributed by atoms with Crippen molar-refractivity contribution in [1.29, 1.82) is 0 Å². The van der Waals surface area contributed by atoms with Gasteiger partial charge in [0.25, 0.3) is 0 Å². The van der Waals surface area contributed by atoms with Crippen LogP contribution in [0.2, 0.25) is 0 Å². The van der Waals surface area contributed by atoms with E-state index in [1.54, 1.807) is 18.2 Å². The molecule has 1 aromatic carbocycles. The Morgan fingerprint density at radius 3 is 2.55 bits per heavy atom. The predicted molar refractivity (Wildman–Crippen MR) is 82.0 cm³/mol. The Labute approximate surface area is 133 Å². The maximum Gasteiger partial charge on any atom is 0.416 e. The molecule has 0 saturated heterocycles. The van der Waals surface area contributed by atoms with Crippen LogP contribution in [0, 0.1) is 0 Å². The zero-order valence-corrected chi connectivity index (χ0v) is 13.1. The van der Waals surface area contributed by atoms with Crippen molar-refractivity contribution in [3.05, 3.63) is 34.4 Å². The predicted octanol–water partition coefficient (Wildman–Crippen LogP) is 2.06. The molecule has 0 fully saturated rings. The first-order valence-corrected chi connectivity index (χ1v) is 7.11. The van der Waals surface area contributed by atoms with Crippen molar-refractivity contribution in [3.8, 4) is 0 Å². The van der Waals surface area contributed by atoms with E-state index >= 15 is 0 Å². The van der Waals surface area contributed by atoms with Crippen molar-refractivity contribution in [2.45, 2.75) is 19.4 Å². The first-order chi connectivity index (χ1) is 10.3. The number of carboxylic acids is 1. The first kappa shape index (κ1) is 16.0. The molecule has 0 spiro atoms. The summed E-state index contributed by atoms with van der Waals surface area (Å²) in [5.74, 6) is -1.64. The van der Waals surface area contributed by atoms with Gasteiger partial charge in [-0.15, -0.1) is 0 Å². The van der Waals surface area contributed by atoms with Gasteiger partial charge in [-0.25, -0.2) is 9.59 Å². The number of carbonyl (C=O) groups is 3. The minimum atomic E-state index is -1.18. The first-order valence-electron chi connectivity index (χ1n) is 6.32. The summed E-state index contributed by atoms with van der Waals surface area (Å²) in [7, 11) is 0. The van der Waals surface area contributed by atoms with Gasteiger partial charge in [0.2, 0.25) is 5.91 Å². The van der Waals surface area contributed by atoms with Crippen molar-refractivity contribution in [2.75, 3.05) is 0 Å². The smallest absolute Gasteiger partial charge is 0.416 e. The van der Waals surface area contributed by atoms with Crippen molar-refractivity contribution in [3.63, 3.8) is 0 Å². The number of benzene rings is 1. The number of amides is 1. The van der Waals surface area contributed by atoms with Gasteiger partial charge in [-0.2, -0.15) is 0 Å². The average Bonchev–Trinajstić information content (AvgIpc) is 2.75. The molecule has 0 bridgehead atoms. The molecule has 8 heteroatoms. The lowest BCUT2D eigenvalue weighted by molar-refractivity contribution is -0.141. The summed E-state index contributed by atoms with van der Waals surface area (Å²) in [6.07, 6.45) is 0.198. The number of fused-ring (bicyclic) bond motifs is 1. The van der Waals surface area contributed by atoms with E-state index in [-0.39, 0.29) is 6.42 Å². The fourth-order valence-corrected chi connectivity index (χ4v) is 2.62. The molecule has 1 aromatic heterocycles. The summed E-state index contributed by atoms with van der Waals surface area (Å²) in [5, 5.41) is 21.4. The van der Waals surface area contributed by atoms with E-state index < -0.39 is 24.0 Å². The summed E-state index contributed by atoms with van der Waals surface area (Å²) in [6.45, 7) is 1.23. The molecular weight excluding hydrogens is 356 g/mol. The molecule has 116 valence electrons. The Balaban J connectivity index is 2.50. The van der Waals surface area contributed by atoms with Crippen molar-refractivity contribution >= 4 is 44.8 Å². The summed E-state index contributed by atoms with van der Waals surface area (Å²) in [5.41, 5.74) is 0.984. The monoisotopic (exact) mass is 368 g/mol. The van der Waals surface area contributed by atoms with Gasteiger partial charge >= 0.3 is 12.1 Å². The molecule has 0 radical (unpaired) electrons. The lowest BCUT2D eigenvalue weighted by atomic mass is 10.1. The quantitative estimate of drug-likeness (QED) is 0.765. The number of rotatable bonds is 4. The van der Waals surface area contributed by atoms with Crippen molar-refractivity contribution in [1.82, 2.24) is 9.88 Å². The van der Waals surface area contributed by atoms with Gasteiger partial charge in [-0.05, 0) is 23.8 Å². The topological polar surface area (TPSA) is 109 Å². The Kier molecular flexibility index (Phi) is 4.51. The van der Waals surface area contributed by atoms with Crippen LogP contribution in [0.15, 0.2) is 28.9 Å². The Hall–Kier alpha value is -2.35. The second-order valence-electron chi connectivity index (χ2n) is 4.76. The summed E-state index contributed by atoms with van der Waals surface area (Å²) in [6, 6.07) is 3.93. The van der Waals surface area contributed by atoms with Crippen molar-refractivity contribution < 1.29 is 24.6 Å². The molecule has 0 aliphatic heterocycles. The van der Waals surface area contributed by atoms with Crippen LogP contribution in [0.1, 0.15) is 12.5 Å². The third kappa shape index (κ3) is 3.28. The van der Waals surface area contributed by atoms with E-state index in [9.17, 15) is 24.6 Å². The van der Waals surface area contributed by atoms with Crippen LogP contribution in [0.25, 0.3) is 10.9 Å². The lowest BCUT2D eigenvalue weighted by Gasteiger charge is -2.12. The van der Waals surface area contributed by atoms with Gasteiger partial charge in [0.15, 0.2) is 0 Å². The van der Waals surface area contributed by atoms with Crippen LogP contribution in [0.4, 0.5) is 4.79 Å². The summed E-state index contributed by atoms with van der Waals surface area (Å²) in [4.78, 5) is 33.6. The zero-order chi connectivity index (χ0) is 16.4. The molecule has 2 rings (SSSR count). The highest BCUT2D eigenvalue weighted by molar-refractivity contribution is 9.10. The van der Waals surface area contributed by atoms with E-state index in [0.29, 0.717) is 16.5 Å². The number of hydrogen-bond donors (Lipinski definition) is 3. The minimum Gasteiger partial charge on any atom is -0.480 e. The maximum atomic E-state index is 11.3. The van der Waals surface area contributed by atoms with Gasteiger partial charge in [0.05, 0.1) is 5.52 Å². The number of aromatic nitrogens is 1. The summed E-state index contributed by atoms with van der Waals surface area (Å²) >= 11 is 3.31. The Morgan fingerprint density at radius 1 is 1.32 bits per heavy atom. The fourth-order valence-electron chi connectivity index (χ4n) is 2.26. The van der Waals surface area contributed by atoms with Crippen LogP contribution in [-0.4, -0.2) is 38.8 Å². The van der Waals surface area contributed by atoms with E-state index in [0.717, 1.165) is 9.04 Å². The summed E-state index contributed by atoms with van der Waals surface area (Å²) < 4.78 is 1.78. The highest BCUT2D eigenvalue weighted by Crippen LogP contribution is 2.26. The molecule has 0 aliphatic carbocycles. The fraction of sp³-hybridized carbons (Fsp3) is 0.214. The number of nitrogens with one attached hydrogen (secondary N) is 1. The van der Waals surface area contributed by atoms with Crippen LogP contribution >= 0.6 is 15.9 Å². The molecule has 1 unspecified atom stereocenters. The second-order valence-corrected chi connectivity index (χ2v) is 5.68. The maximum absolute atomic E-state index is 11.3. The molecule has 0 saturated carbocycles. The standard InChI is InChI=1S/C14H13BrN2O5/c1-7(18)16-11(13(19)20)4-8-6-17(14(21)22)12-3-2-9(15)5-10(8)12/h2-3,5-6,11H,4H2,1H3,(H,16,18)(H,19,20)(H,21,22). The molecule has 3 N–H and O–H groups in total. The van der Waals surface area contributed by atoms with Gasteiger partial charge in [-0.1, -0.05) is 15.9 Å². The van der Waals surface area contributed by atoms with Gasteiger partial charge in [0, 0.05) is 29.4 Å². The van der Waals surface area contributed by atoms with Gasteiger partial charge in [-0.3, -0.25) is 9.36 Å². The molecule has 1 atom stereocenters. The average molecular weight is 369 g/mol. The van der Waals surface area contributed by atoms with E-state index in [1.165, 1.54) is 13.1 Å². The number of halogens is 1.